The summed E-state index contributed by atoms with van der Waals surface area (Å²) in [4.78, 5) is 7.75. The van der Waals surface area contributed by atoms with E-state index in [4.69, 9.17) is 11.6 Å². The van der Waals surface area contributed by atoms with Crippen molar-refractivity contribution in [3.8, 4) is 0 Å². The maximum atomic E-state index is 5.98. The molecule has 1 aliphatic heterocycles. The van der Waals surface area contributed by atoms with Gasteiger partial charge in [-0.25, -0.2) is 9.55 Å². The van der Waals surface area contributed by atoms with Gasteiger partial charge in [-0.3, -0.25) is 0 Å². The zero-order valence-electron chi connectivity index (χ0n) is 6.13. The smallest absolute Gasteiger partial charge is 0.228 e. The van der Waals surface area contributed by atoms with Crippen LogP contribution in [-0.2, 0) is 0 Å². The fourth-order valence-corrected chi connectivity index (χ4v) is 1.07. The van der Waals surface area contributed by atoms with Gasteiger partial charge in [-0.05, 0) is 11.6 Å². The number of hydrogen-bond acceptors (Lipinski definition) is 2. The van der Waals surface area contributed by atoms with E-state index >= 15 is 0 Å². The van der Waals surface area contributed by atoms with Crippen molar-refractivity contribution < 1.29 is 4.58 Å². The maximum Gasteiger partial charge on any atom is 0.310 e. The standard InChI is InChI=1S/C7H6ClN4/c8-7(11-3-1-9-5-11)12-4-2-10-6-12/h1-6H/q+1. The molecule has 0 radical (unpaired) electrons. The summed E-state index contributed by atoms with van der Waals surface area (Å²) in [7, 11) is 0. The number of halogens is 1. The van der Waals surface area contributed by atoms with Gasteiger partial charge < -0.3 is 0 Å². The molecule has 0 saturated heterocycles. The van der Waals surface area contributed by atoms with Gasteiger partial charge in [0, 0.05) is 0 Å². The third-order valence-electron chi connectivity index (χ3n) is 1.43. The summed E-state index contributed by atoms with van der Waals surface area (Å²) >= 11 is 5.98. The molecule has 0 atom stereocenters. The van der Waals surface area contributed by atoms with Gasteiger partial charge in [0.25, 0.3) is 0 Å². The van der Waals surface area contributed by atoms with E-state index in [1.54, 1.807) is 46.6 Å². The van der Waals surface area contributed by atoms with E-state index in [1.807, 2.05) is 0 Å². The molecule has 0 aliphatic carbocycles. The van der Waals surface area contributed by atoms with Gasteiger partial charge in [0.15, 0.2) is 6.33 Å². The second kappa shape index (κ2) is 2.91. The Balaban J connectivity index is 2.42. The van der Waals surface area contributed by atoms with Crippen LogP contribution in [0.5, 0.6) is 0 Å². The molecule has 2 heterocycles. The van der Waals surface area contributed by atoms with E-state index < -0.39 is 0 Å². The quantitative estimate of drug-likeness (QED) is 0.432. The molecular weight excluding hydrogens is 176 g/mol. The number of hydrogen-bond donors (Lipinski definition) is 0. The first-order valence-corrected chi connectivity index (χ1v) is 3.75. The predicted octanol–water partition coefficient (Wildman–Crippen LogP) is 0.852. The molecule has 0 unspecified atom stereocenters. The molecule has 0 aromatic carbocycles. The van der Waals surface area contributed by atoms with Gasteiger partial charge in [0.05, 0.1) is 12.4 Å². The minimum Gasteiger partial charge on any atom is -0.228 e. The molecule has 12 heavy (non-hydrogen) atoms. The van der Waals surface area contributed by atoms with Crippen molar-refractivity contribution in [3.05, 3.63) is 31.1 Å². The van der Waals surface area contributed by atoms with Crippen LogP contribution < -0.4 is 0 Å². The Labute approximate surface area is 74.1 Å². The Morgan fingerprint density at radius 1 is 1.50 bits per heavy atom. The van der Waals surface area contributed by atoms with Crippen LogP contribution in [0.25, 0.3) is 0 Å². The van der Waals surface area contributed by atoms with Gasteiger partial charge in [0.1, 0.15) is 12.4 Å². The third kappa shape index (κ3) is 1.16. The zero-order chi connectivity index (χ0) is 8.39. The van der Waals surface area contributed by atoms with Crippen molar-refractivity contribution in [2.75, 3.05) is 0 Å². The molecule has 1 aromatic rings. The summed E-state index contributed by atoms with van der Waals surface area (Å²) in [5.41, 5.74) is 0. The second-order valence-corrected chi connectivity index (χ2v) is 2.55. The minimum atomic E-state index is 0.532. The molecule has 4 nitrogen and oxygen atoms in total. The lowest BCUT2D eigenvalue weighted by Crippen LogP contribution is -2.14. The maximum absolute atomic E-state index is 5.98. The van der Waals surface area contributed by atoms with Crippen LogP contribution in [0.4, 0.5) is 0 Å². The summed E-state index contributed by atoms with van der Waals surface area (Å²) in [5.74, 6) is 0. The predicted molar refractivity (Wildman–Crippen MR) is 46.4 cm³/mol. The Morgan fingerprint density at radius 3 is 3.00 bits per heavy atom. The zero-order valence-corrected chi connectivity index (χ0v) is 6.89. The van der Waals surface area contributed by atoms with Crippen molar-refractivity contribution in [3.63, 3.8) is 0 Å². The van der Waals surface area contributed by atoms with Crippen molar-refractivity contribution >= 4 is 23.2 Å². The lowest BCUT2D eigenvalue weighted by Gasteiger charge is -1.93. The minimum absolute atomic E-state index is 0.532. The first kappa shape index (κ1) is 7.24. The van der Waals surface area contributed by atoms with Gasteiger partial charge in [-0.15, -0.1) is 4.99 Å². The molecule has 1 aliphatic rings. The number of nitrogens with zero attached hydrogens (tertiary/aromatic N) is 4. The molecule has 0 amide bonds. The van der Waals surface area contributed by atoms with Crippen LogP contribution in [0.15, 0.2) is 36.1 Å². The van der Waals surface area contributed by atoms with Gasteiger partial charge in [0.2, 0.25) is 6.34 Å². The van der Waals surface area contributed by atoms with E-state index in [1.165, 1.54) is 0 Å². The first-order valence-electron chi connectivity index (χ1n) is 3.37. The SMILES string of the molecule is ClC(n1ccnc1)=[N+]1C=CN=C1. The Bertz CT molecular complexity index is 347. The average molecular weight is 182 g/mol. The van der Waals surface area contributed by atoms with Crippen LogP contribution in [-0.4, -0.2) is 25.8 Å². The van der Waals surface area contributed by atoms with Crippen molar-refractivity contribution in [1.29, 1.82) is 0 Å². The van der Waals surface area contributed by atoms with Crippen molar-refractivity contribution in [2.45, 2.75) is 0 Å². The lowest BCUT2D eigenvalue weighted by atomic mass is 10.8. The molecule has 5 heteroatoms. The number of aromatic nitrogens is 2. The normalized spacial score (nSPS) is 18.8. The molecule has 0 fully saturated rings. The highest BCUT2D eigenvalue weighted by Gasteiger charge is 2.09. The summed E-state index contributed by atoms with van der Waals surface area (Å²) < 4.78 is 3.40. The van der Waals surface area contributed by atoms with Crippen LogP contribution in [0.2, 0.25) is 0 Å². The fraction of sp³-hybridized carbons (Fsp3) is 0. The van der Waals surface area contributed by atoms with E-state index in [2.05, 4.69) is 9.98 Å². The topological polar surface area (TPSA) is 33.2 Å². The number of rotatable bonds is 0. The number of imidazole rings is 1. The molecule has 0 saturated carbocycles. The fourth-order valence-electron chi connectivity index (χ4n) is 0.870. The molecule has 0 bridgehead atoms. The van der Waals surface area contributed by atoms with Crippen LogP contribution >= 0.6 is 11.6 Å². The van der Waals surface area contributed by atoms with E-state index in [0.717, 1.165) is 0 Å². The van der Waals surface area contributed by atoms with Gasteiger partial charge >= 0.3 is 5.29 Å². The molecule has 0 N–H and O–H groups in total. The number of aliphatic imine (C=N–C) groups is 1. The van der Waals surface area contributed by atoms with Crippen LogP contribution in [0, 0.1) is 0 Å². The van der Waals surface area contributed by atoms with E-state index in [9.17, 15) is 0 Å². The summed E-state index contributed by atoms with van der Waals surface area (Å²) in [6.07, 6.45) is 10.1. The molecule has 2 rings (SSSR count). The van der Waals surface area contributed by atoms with Crippen LogP contribution in [0.1, 0.15) is 0 Å². The summed E-state index contributed by atoms with van der Waals surface area (Å²) in [5, 5.41) is 0.532. The average Bonchev–Trinajstić information content (AvgIpc) is 2.77. The van der Waals surface area contributed by atoms with Crippen LogP contribution in [0.3, 0.4) is 0 Å². The van der Waals surface area contributed by atoms with Crippen molar-refractivity contribution in [2.24, 2.45) is 4.99 Å². The largest absolute Gasteiger partial charge is 0.310 e. The summed E-state index contributed by atoms with van der Waals surface area (Å²) in [6.45, 7) is 0. The highest BCUT2D eigenvalue weighted by Crippen LogP contribution is 1.96. The van der Waals surface area contributed by atoms with E-state index in [-0.39, 0.29) is 0 Å². The van der Waals surface area contributed by atoms with E-state index in [0.29, 0.717) is 5.29 Å². The van der Waals surface area contributed by atoms with Crippen molar-refractivity contribution in [1.82, 2.24) is 9.55 Å². The van der Waals surface area contributed by atoms with Gasteiger partial charge in [-0.2, -0.15) is 4.58 Å². The summed E-state index contributed by atoms with van der Waals surface area (Å²) in [6, 6.07) is 0. The lowest BCUT2D eigenvalue weighted by molar-refractivity contribution is -0.308. The Kier molecular flexibility index (Phi) is 1.75. The second-order valence-electron chi connectivity index (χ2n) is 2.21. The van der Waals surface area contributed by atoms with Gasteiger partial charge in [-0.1, -0.05) is 0 Å². The molecule has 1 aromatic heterocycles. The monoisotopic (exact) mass is 181 g/mol. The third-order valence-corrected chi connectivity index (χ3v) is 1.83. The highest BCUT2D eigenvalue weighted by atomic mass is 35.5. The Morgan fingerprint density at radius 2 is 2.42 bits per heavy atom. The molecule has 60 valence electrons. The molecule has 0 spiro atoms. The first-order chi connectivity index (χ1) is 5.88. The highest BCUT2D eigenvalue weighted by molar-refractivity contribution is 6.63. The molecular formula is C7H6ClN4+. The Hall–Kier alpha value is -1.42.